The van der Waals surface area contributed by atoms with Gasteiger partial charge in [-0.15, -0.1) is 11.3 Å². The molecule has 2 aromatic rings. The Balaban J connectivity index is 2.18. The van der Waals surface area contributed by atoms with Crippen LogP contribution in [0.3, 0.4) is 0 Å². The molecule has 1 heterocycles. The lowest BCUT2D eigenvalue weighted by Crippen LogP contribution is -1.74. The van der Waals surface area contributed by atoms with Crippen LogP contribution < -0.4 is 0 Å². The van der Waals surface area contributed by atoms with E-state index in [-0.39, 0.29) is 0 Å². The van der Waals surface area contributed by atoms with E-state index in [2.05, 4.69) is 11.9 Å². The molecular weight excluding hydrogens is 226 g/mol. The number of thiazole rings is 1. The van der Waals surface area contributed by atoms with Crippen LogP contribution in [0.25, 0.3) is 0 Å². The van der Waals surface area contributed by atoms with Crippen molar-refractivity contribution >= 4 is 23.1 Å². The van der Waals surface area contributed by atoms with Crippen LogP contribution in [0.4, 0.5) is 0 Å². The highest BCUT2D eigenvalue weighted by Crippen LogP contribution is 2.32. The van der Waals surface area contributed by atoms with Crippen molar-refractivity contribution in [3.63, 3.8) is 0 Å². The maximum absolute atomic E-state index is 9.15. The average Bonchev–Trinajstić information content (AvgIpc) is 2.50. The molecule has 0 fully saturated rings. The van der Waals surface area contributed by atoms with Crippen molar-refractivity contribution < 1.29 is 5.11 Å². The first-order valence-corrected chi connectivity index (χ1v) is 6.19. The van der Waals surface area contributed by atoms with E-state index in [4.69, 9.17) is 5.11 Å². The number of phenolic OH excluding ortho intramolecular Hbond substituents is 1. The predicted octanol–water partition coefficient (Wildman–Crippen LogP) is 3.62. The van der Waals surface area contributed by atoms with E-state index in [9.17, 15) is 0 Å². The number of phenols is 1. The minimum atomic E-state index is 0.297. The molecule has 1 N–H and O–H groups in total. The summed E-state index contributed by atoms with van der Waals surface area (Å²) >= 11 is 3.33. The summed E-state index contributed by atoms with van der Waals surface area (Å²) < 4.78 is 1.05. The molecule has 0 saturated carbocycles. The molecule has 0 spiro atoms. The van der Waals surface area contributed by atoms with E-state index >= 15 is 0 Å². The second-order valence-corrected chi connectivity index (χ2v) is 5.74. The lowest BCUT2D eigenvalue weighted by molar-refractivity contribution is 0.475. The molecule has 4 heteroatoms. The Morgan fingerprint density at radius 2 is 1.87 bits per heavy atom. The fourth-order valence-electron chi connectivity index (χ4n) is 1.10. The van der Waals surface area contributed by atoms with Crippen molar-refractivity contribution in [2.45, 2.75) is 23.1 Å². The Labute approximate surface area is 97.0 Å². The van der Waals surface area contributed by atoms with Gasteiger partial charge >= 0.3 is 0 Å². The van der Waals surface area contributed by atoms with Gasteiger partial charge in [-0.3, -0.25) is 0 Å². The van der Waals surface area contributed by atoms with Crippen molar-refractivity contribution in [1.29, 1.82) is 0 Å². The summed E-state index contributed by atoms with van der Waals surface area (Å²) in [6.07, 6.45) is 0. The molecule has 0 radical (unpaired) electrons. The number of hydrogen-bond acceptors (Lipinski definition) is 4. The smallest absolute Gasteiger partial charge is 0.155 e. The number of benzene rings is 1. The number of aromatic nitrogens is 1. The third-order valence-electron chi connectivity index (χ3n) is 2.05. The van der Waals surface area contributed by atoms with Crippen LogP contribution >= 0.6 is 23.1 Å². The topological polar surface area (TPSA) is 33.1 Å². The van der Waals surface area contributed by atoms with Crippen molar-refractivity contribution in [1.82, 2.24) is 4.98 Å². The quantitative estimate of drug-likeness (QED) is 0.866. The van der Waals surface area contributed by atoms with Crippen LogP contribution in [-0.4, -0.2) is 10.1 Å². The fraction of sp³-hybridized carbons (Fsp3) is 0.182. The van der Waals surface area contributed by atoms with E-state index in [1.807, 2.05) is 19.1 Å². The minimum Gasteiger partial charge on any atom is -0.508 e. The molecule has 0 bridgehead atoms. The minimum absolute atomic E-state index is 0.297. The van der Waals surface area contributed by atoms with E-state index < -0.39 is 0 Å². The Bertz CT molecular complexity index is 442. The largest absolute Gasteiger partial charge is 0.508 e. The molecule has 0 saturated heterocycles. The van der Waals surface area contributed by atoms with Crippen molar-refractivity contribution in [2.24, 2.45) is 0 Å². The molecule has 1 aromatic heterocycles. The van der Waals surface area contributed by atoms with Gasteiger partial charge in [-0.25, -0.2) is 4.98 Å². The first kappa shape index (κ1) is 10.5. The van der Waals surface area contributed by atoms with Crippen LogP contribution in [0.5, 0.6) is 5.75 Å². The highest BCUT2D eigenvalue weighted by molar-refractivity contribution is 8.01. The summed E-state index contributed by atoms with van der Waals surface area (Å²) in [5.41, 5.74) is 1.10. The highest BCUT2D eigenvalue weighted by Gasteiger charge is 2.05. The molecule has 1 aromatic carbocycles. The van der Waals surface area contributed by atoms with Gasteiger partial charge in [-0.2, -0.15) is 0 Å². The van der Waals surface area contributed by atoms with Gasteiger partial charge in [0.15, 0.2) is 4.34 Å². The van der Waals surface area contributed by atoms with Crippen molar-refractivity contribution in [3.8, 4) is 5.75 Å². The van der Waals surface area contributed by atoms with Crippen molar-refractivity contribution in [3.05, 3.63) is 34.8 Å². The molecular formula is C11H11NOS2. The van der Waals surface area contributed by atoms with Gasteiger partial charge in [0.2, 0.25) is 0 Å². The predicted molar refractivity (Wildman–Crippen MR) is 63.8 cm³/mol. The lowest BCUT2D eigenvalue weighted by Gasteiger charge is -1.96. The maximum Gasteiger partial charge on any atom is 0.155 e. The molecule has 2 rings (SSSR count). The third-order valence-corrected chi connectivity index (χ3v) is 4.19. The molecule has 0 atom stereocenters. The first-order valence-electron chi connectivity index (χ1n) is 4.56. The van der Waals surface area contributed by atoms with Crippen LogP contribution in [-0.2, 0) is 0 Å². The summed E-state index contributed by atoms with van der Waals surface area (Å²) in [5.74, 6) is 0.297. The number of rotatable bonds is 2. The van der Waals surface area contributed by atoms with Gasteiger partial charge < -0.3 is 5.11 Å². The van der Waals surface area contributed by atoms with Crippen LogP contribution in [0.2, 0.25) is 0 Å². The third kappa shape index (κ3) is 2.52. The molecule has 0 unspecified atom stereocenters. The van der Waals surface area contributed by atoms with E-state index in [0.717, 1.165) is 14.9 Å². The SMILES string of the molecule is Cc1nc(Sc2ccc(O)cc2)sc1C. The van der Waals surface area contributed by atoms with Gasteiger partial charge in [0.05, 0.1) is 5.69 Å². The van der Waals surface area contributed by atoms with Gasteiger partial charge in [-0.05, 0) is 38.1 Å². The number of aryl methyl sites for hydroxylation is 2. The number of nitrogens with zero attached hydrogens (tertiary/aromatic N) is 1. The van der Waals surface area contributed by atoms with Crippen molar-refractivity contribution in [2.75, 3.05) is 0 Å². The molecule has 2 nitrogen and oxygen atoms in total. The zero-order valence-corrected chi connectivity index (χ0v) is 10.2. The second-order valence-electron chi connectivity index (χ2n) is 3.22. The van der Waals surface area contributed by atoms with Gasteiger partial charge in [0.1, 0.15) is 5.75 Å². The van der Waals surface area contributed by atoms with Crippen LogP contribution in [0.1, 0.15) is 10.6 Å². The lowest BCUT2D eigenvalue weighted by atomic mass is 10.3. The molecule has 15 heavy (non-hydrogen) atoms. The monoisotopic (exact) mass is 237 g/mol. The summed E-state index contributed by atoms with van der Waals surface area (Å²) in [7, 11) is 0. The molecule has 0 aliphatic carbocycles. The highest BCUT2D eigenvalue weighted by atomic mass is 32.2. The Morgan fingerprint density at radius 3 is 2.40 bits per heavy atom. The summed E-state index contributed by atoms with van der Waals surface area (Å²) in [5, 5.41) is 9.15. The summed E-state index contributed by atoms with van der Waals surface area (Å²) in [6.45, 7) is 4.10. The summed E-state index contributed by atoms with van der Waals surface area (Å²) in [4.78, 5) is 6.81. The zero-order valence-electron chi connectivity index (χ0n) is 8.52. The Kier molecular flexibility index (Phi) is 2.98. The number of aromatic hydroxyl groups is 1. The van der Waals surface area contributed by atoms with Gasteiger partial charge in [0.25, 0.3) is 0 Å². The van der Waals surface area contributed by atoms with E-state index in [1.165, 1.54) is 4.88 Å². The molecule has 78 valence electrons. The zero-order chi connectivity index (χ0) is 10.8. The standard InChI is InChI=1S/C11H11NOS2/c1-7-8(2)14-11(12-7)15-10-5-3-9(13)4-6-10/h3-6,13H,1-2H3. The maximum atomic E-state index is 9.15. The van der Waals surface area contributed by atoms with E-state index in [0.29, 0.717) is 5.75 Å². The fourth-order valence-corrected chi connectivity index (χ4v) is 3.23. The Hall–Kier alpha value is -1.00. The normalized spacial score (nSPS) is 10.5. The van der Waals surface area contributed by atoms with Gasteiger partial charge in [-0.1, -0.05) is 11.8 Å². The first-order chi connectivity index (χ1) is 7.15. The molecule has 0 amide bonds. The van der Waals surface area contributed by atoms with Crippen LogP contribution in [0.15, 0.2) is 33.5 Å². The average molecular weight is 237 g/mol. The molecule has 0 aliphatic rings. The van der Waals surface area contributed by atoms with Crippen LogP contribution in [0, 0.1) is 13.8 Å². The summed E-state index contributed by atoms with van der Waals surface area (Å²) in [6, 6.07) is 7.17. The van der Waals surface area contributed by atoms with E-state index in [1.54, 1.807) is 35.2 Å². The number of hydrogen-bond donors (Lipinski definition) is 1. The Morgan fingerprint density at radius 1 is 1.20 bits per heavy atom. The second kappa shape index (κ2) is 4.24. The van der Waals surface area contributed by atoms with Gasteiger partial charge in [0, 0.05) is 9.77 Å². The molecule has 0 aliphatic heterocycles.